The number of aromatic amines is 1. The van der Waals surface area contributed by atoms with Gasteiger partial charge in [0.15, 0.2) is 18.2 Å². The third-order valence-electron chi connectivity index (χ3n) is 5.12. The Morgan fingerprint density at radius 1 is 1.14 bits per heavy atom. The minimum Gasteiger partial charge on any atom is -0.756 e. The van der Waals surface area contributed by atoms with Crippen molar-refractivity contribution in [1.82, 2.24) is 9.55 Å². The van der Waals surface area contributed by atoms with Gasteiger partial charge in [-0.2, -0.15) is 0 Å². The highest BCUT2D eigenvalue weighted by atomic mass is 31.3. The lowest BCUT2D eigenvalue weighted by Crippen LogP contribution is -2.54. The van der Waals surface area contributed by atoms with Crippen molar-refractivity contribution in [2.24, 2.45) is 0 Å². The molecule has 35 heavy (non-hydrogen) atoms. The normalized spacial score (nSPS) is 34.9. The SMILES string of the molecule is Cc1cn([C@H]2C[C@H](O)[C@@H](COP(=O)([O-])OP(=O)([O-])O[C@H]3O[C@H](C)[C@H](O)C(=O)[C@H]3O)O2)c(=O)[nH]c1=O. The minimum absolute atomic E-state index is 0.170. The number of ether oxygens (including phenoxy) is 2. The molecule has 0 amide bonds. The van der Waals surface area contributed by atoms with Gasteiger partial charge >= 0.3 is 5.69 Å². The molecule has 2 saturated heterocycles. The molecular weight excluding hydrogens is 522 g/mol. The molecule has 2 aliphatic rings. The zero-order valence-corrected chi connectivity index (χ0v) is 19.9. The van der Waals surface area contributed by atoms with Crippen molar-refractivity contribution in [3.05, 3.63) is 32.6 Å². The number of carbonyl (C=O) groups is 1. The van der Waals surface area contributed by atoms with E-state index in [1.165, 1.54) is 20.0 Å². The number of H-pyrrole nitrogens is 1. The summed E-state index contributed by atoms with van der Waals surface area (Å²) in [6.07, 6.45) is -10.3. The summed E-state index contributed by atoms with van der Waals surface area (Å²) in [5.41, 5.74) is -1.29. The van der Waals surface area contributed by atoms with E-state index in [2.05, 4.69) is 13.4 Å². The molecule has 2 aliphatic heterocycles. The van der Waals surface area contributed by atoms with E-state index in [0.29, 0.717) is 0 Å². The van der Waals surface area contributed by atoms with Gasteiger partial charge in [0.2, 0.25) is 0 Å². The lowest BCUT2D eigenvalue weighted by atomic mass is 10.0. The zero-order chi connectivity index (χ0) is 26.3. The van der Waals surface area contributed by atoms with E-state index in [0.717, 1.165) is 4.57 Å². The Hall–Kier alpha value is -1.59. The molecule has 0 radical (unpaired) electrons. The van der Waals surface area contributed by atoms with E-state index in [9.17, 15) is 48.6 Å². The lowest BCUT2D eigenvalue weighted by Gasteiger charge is -2.38. The molecule has 1 aromatic rings. The second-order valence-electron chi connectivity index (χ2n) is 7.79. The standard InChI is InChI=1S/C16H24N2O15P2/c1-6-4-18(16(24)17-14(6)23)10-3-8(19)9(31-10)5-29-34(25,26)33-35(27,28)32-15-13(22)12(21)11(20)7(2)30-15/h4,7-11,13,15,19-20,22H,3,5H2,1-2H3,(H,25,26)(H,27,28)(H,17,23,24)/p-2/t7-,8+,9-,10-,11+,13-,15-/m1/s1. The highest BCUT2D eigenvalue weighted by Crippen LogP contribution is 2.56. The second kappa shape index (κ2) is 10.4. The van der Waals surface area contributed by atoms with Gasteiger partial charge in [-0.3, -0.25) is 32.8 Å². The molecular formula is C16H22N2O15P2-2. The van der Waals surface area contributed by atoms with Crippen LogP contribution in [-0.4, -0.2) is 74.1 Å². The highest BCUT2D eigenvalue weighted by Gasteiger charge is 2.44. The minimum atomic E-state index is -5.80. The molecule has 0 saturated carbocycles. The summed E-state index contributed by atoms with van der Waals surface area (Å²) >= 11 is 0. The Morgan fingerprint density at radius 3 is 2.46 bits per heavy atom. The Balaban J connectivity index is 1.59. The number of aromatic nitrogens is 2. The maximum absolute atomic E-state index is 12.0. The summed E-state index contributed by atoms with van der Waals surface area (Å²) < 4.78 is 47.8. The van der Waals surface area contributed by atoms with Crippen LogP contribution in [0, 0.1) is 6.92 Å². The van der Waals surface area contributed by atoms with Crippen LogP contribution >= 0.6 is 15.6 Å². The van der Waals surface area contributed by atoms with Crippen molar-refractivity contribution in [3.8, 4) is 0 Å². The number of hydrogen-bond acceptors (Lipinski definition) is 15. The third kappa shape index (κ3) is 6.60. The summed E-state index contributed by atoms with van der Waals surface area (Å²) in [6.45, 7) is 1.66. The molecule has 9 atom stereocenters. The number of aliphatic hydroxyl groups excluding tert-OH is 3. The number of carbonyl (C=O) groups excluding carboxylic acids is 1. The van der Waals surface area contributed by atoms with Crippen LogP contribution in [0.15, 0.2) is 15.8 Å². The van der Waals surface area contributed by atoms with E-state index in [-0.39, 0.29) is 12.0 Å². The molecule has 3 heterocycles. The van der Waals surface area contributed by atoms with Crippen molar-refractivity contribution >= 4 is 21.4 Å². The molecule has 0 bridgehead atoms. The van der Waals surface area contributed by atoms with E-state index in [1.807, 2.05) is 4.98 Å². The van der Waals surface area contributed by atoms with E-state index >= 15 is 0 Å². The van der Waals surface area contributed by atoms with Crippen molar-refractivity contribution in [3.63, 3.8) is 0 Å². The van der Waals surface area contributed by atoms with Crippen molar-refractivity contribution in [1.29, 1.82) is 0 Å². The van der Waals surface area contributed by atoms with Gasteiger partial charge in [-0.1, -0.05) is 0 Å². The van der Waals surface area contributed by atoms with Crippen LogP contribution in [0.4, 0.5) is 0 Å². The van der Waals surface area contributed by atoms with Gasteiger partial charge in [-0.15, -0.1) is 0 Å². The van der Waals surface area contributed by atoms with Crippen LogP contribution in [-0.2, 0) is 36.8 Å². The number of Topliss-reactive ketones (excluding diaryl/α,β-unsaturated/α-hetero) is 1. The molecule has 198 valence electrons. The molecule has 4 N–H and O–H groups in total. The van der Waals surface area contributed by atoms with E-state index in [1.54, 1.807) is 0 Å². The Bertz CT molecular complexity index is 1170. The van der Waals surface area contributed by atoms with Crippen molar-refractivity contribution < 1.29 is 61.9 Å². The number of hydrogen-bond donors (Lipinski definition) is 4. The fraction of sp³-hybridized carbons (Fsp3) is 0.688. The van der Waals surface area contributed by atoms with E-state index < -0.39 is 82.3 Å². The topological polar surface area (TPSA) is 259 Å². The maximum Gasteiger partial charge on any atom is 0.330 e. The Morgan fingerprint density at radius 2 is 1.80 bits per heavy atom. The molecule has 19 heteroatoms. The molecule has 0 aliphatic carbocycles. The molecule has 0 spiro atoms. The summed E-state index contributed by atoms with van der Waals surface area (Å²) in [6, 6.07) is 0. The number of aliphatic hydroxyl groups is 3. The monoisotopic (exact) mass is 544 g/mol. The van der Waals surface area contributed by atoms with Gasteiger partial charge in [0, 0.05) is 18.2 Å². The smallest absolute Gasteiger partial charge is 0.330 e. The highest BCUT2D eigenvalue weighted by molar-refractivity contribution is 7.59. The van der Waals surface area contributed by atoms with Gasteiger partial charge in [-0.25, -0.2) is 9.11 Å². The first kappa shape index (κ1) is 28.0. The number of phosphoric acid groups is 2. The summed E-state index contributed by atoms with van der Waals surface area (Å²) in [7, 11) is -11.5. The van der Waals surface area contributed by atoms with Crippen molar-refractivity contribution in [2.45, 2.75) is 63.3 Å². The number of nitrogens with zero attached hydrogens (tertiary/aromatic N) is 1. The number of phosphoric ester groups is 2. The first-order valence-corrected chi connectivity index (χ1v) is 12.9. The molecule has 1 aromatic heterocycles. The van der Waals surface area contributed by atoms with Crippen molar-refractivity contribution in [2.75, 3.05) is 6.61 Å². The van der Waals surface area contributed by atoms with E-state index in [4.69, 9.17) is 9.47 Å². The van der Waals surface area contributed by atoms with Crippen LogP contribution in [0.2, 0.25) is 0 Å². The van der Waals surface area contributed by atoms with Gasteiger partial charge < -0.3 is 39.1 Å². The average molecular weight is 544 g/mol. The largest absolute Gasteiger partial charge is 0.756 e. The maximum atomic E-state index is 12.0. The second-order valence-corrected chi connectivity index (χ2v) is 10.7. The first-order chi connectivity index (χ1) is 16.1. The van der Waals surface area contributed by atoms with Gasteiger partial charge in [-0.05, 0) is 13.8 Å². The van der Waals surface area contributed by atoms with Gasteiger partial charge in [0.1, 0.15) is 18.4 Å². The predicted molar refractivity (Wildman–Crippen MR) is 105 cm³/mol. The van der Waals surface area contributed by atoms with Gasteiger partial charge in [0.25, 0.3) is 21.2 Å². The molecule has 2 fully saturated rings. The number of aryl methyl sites for hydroxylation is 1. The van der Waals surface area contributed by atoms with Crippen LogP contribution < -0.4 is 21.0 Å². The zero-order valence-electron chi connectivity index (χ0n) is 18.1. The van der Waals surface area contributed by atoms with Crippen LogP contribution in [0.25, 0.3) is 0 Å². The van der Waals surface area contributed by atoms with Crippen LogP contribution in [0.5, 0.6) is 0 Å². The fourth-order valence-corrected chi connectivity index (χ4v) is 5.35. The number of ketones is 1. The summed E-state index contributed by atoms with van der Waals surface area (Å²) in [4.78, 5) is 61.1. The fourth-order valence-electron chi connectivity index (χ4n) is 3.28. The third-order valence-corrected chi connectivity index (χ3v) is 7.66. The molecule has 0 aromatic carbocycles. The molecule has 2 unspecified atom stereocenters. The average Bonchev–Trinajstić information content (AvgIpc) is 3.11. The summed E-state index contributed by atoms with van der Waals surface area (Å²) in [5.74, 6) is -1.21. The number of rotatable bonds is 8. The van der Waals surface area contributed by atoms with Crippen LogP contribution in [0.1, 0.15) is 25.1 Å². The Labute approximate surface area is 196 Å². The van der Waals surface area contributed by atoms with Gasteiger partial charge in [0.05, 0.1) is 18.8 Å². The molecule has 3 rings (SSSR count). The summed E-state index contributed by atoms with van der Waals surface area (Å²) in [5, 5.41) is 29.3. The predicted octanol–water partition coefficient (Wildman–Crippen LogP) is -3.48. The van der Waals surface area contributed by atoms with Crippen LogP contribution in [0.3, 0.4) is 0 Å². The first-order valence-electron chi connectivity index (χ1n) is 9.97. The lowest BCUT2D eigenvalue weighted by molar-refractivity contribution is -0.274. The molecule has 17 nitrogen and oxygen atoms in total. The Kier molecular flexibility index (Phi) is 8.33. The number of nitrogens with one attached hydrogen (secondary N) is 1. The quantitative estimate of drug-likeness (QED) is 0.232.